The van der Waals surface area contributed by atoms with Gasteiger partial charge in [-0.2, -0.15) is 0 Å². The summed E-state index contributed by atoms with van der Waals surface area (Å²) in [6.07, 6.45) is 0. The van der Waals surface area contributed by atoms with Crippen molar-refractivity contribution in [1.29, 1.82) is 0 Å². The molecule has 5 nitrogen and oxygen atoms in total. The van der Waals surface area contributed by atoms with Crippen LogP contribution in [0.5, 0.6) is 0 Å². The van der Waals surface area contributed by atoms with Crippen molar-refractivity contribution < 1.29 is 14.1 Å². The second kappa shape index (κ2) is 5.76. The SMILES string of the molecule is CN(C)C(=O)Nc1cc(B2OC(C)(C)C(C)(C)O2)ccc1Cl. The van der Waals surface area contributed by atoms with Gasteiger partial charge >= 0.3 is 13.1 Å². The lowest BCUT2D eigenvalue weighted by Gasteiger charge is -2.32. The minimum Gasteiger partial charge on any atom is -0.399 e. The maximum absolute atomic E-state index is 11.8. The molecule has 0 radical (unpaired) electrons. The number of carbonyl (C=O) groups excluding carboxylic acids is 1. The van der Waals surface area contributed by atoms with Gasteiger partial charge in [0.2, 0.25) is 0 Å². The van der Waals surface area contributed by atoms with Crippen LogP contribution in [-0.4, -0.2) is 43.3 Å². The van der Waals surface area contributed by atoms with Crippen LogP contribution in [0.4, 0.5) is 10.5 Å². The summed E-state index contributed by atoms with van der Waals surface area (Å²) >= 11 is 6.15. The van der Waals surface area contributed by atoms with Gasteiger partial charge in [0.25, 0.3) is 0 Å². The predicted octanol–water partition coefficient (Wildman–Crippen LogP) is 2.73. The van der Waals surface area contributed by atoms with Gasteiger partial charge in [0, 0.05) is 14.1 Å². The van der Waals surface area contributed by atoms with Crippen molar-refractivity contribution in [3.8, 4) is 0 Å². The highest BCUT2D eigenvalue weighted by atomic mass is 35.5. The van der Waals surface area contributed by atoms with Gasteiger partial charge in [-0.25, -0.2) is 4.79 Å². The molecule has 0 unspecified atom stereocenters. The van der Waals surface area contributed by atoms with Gasteiger partial charge in [-0.15, -0.1) is 0 Å². The van der Waals surface area contributed by atoms with E-state index < -0.39 is 18.3 Å². The Kier molecular flexibility index (Phi) is 4.48. The number of anilines is 1. The molecule has 1 N–H and O–H groups in total. The Balaban J connectivity index is 2.26. The first-order valence-corrected chi connectivity index (χ1v) is 7.55. The summed E-state index contributed by atoms with van der Waals surface area (Å²) in [6, 6.07) is 5.11. The summed E-state index contributed by atoms with van der Waals surface area (Å²) in [4.78, 5) is 13.2. The number of benzene rings is 1. The van der Waals surface area contributed by atoms with E-state index >= 15 is 0 Å². The lowest BCUT2D eigenvalue weighted by molar-refractivity contribution is 0.00578. The summed E-state index contributed by atoms with van der Waals surface area (Å²) < 4.78 is 12.0. The third-order valence-electron chi connectivity index (χ3n) is 4.16. The molecule has 120 valence electrons. The molecule has 7 heteroatoms. The molecule has 22 heavy (non-hydrogen) atoms. The van der Waals surface area contributed by atoms with Crippen LogP contribution in [0.25, 0.3) is 0 Å². The van der Waals surface area contributed by atoms with Crippen molar-refractivity contribution >= 4 is 35.9 Å². The molecule has 1 aromatic rings. The summed E-state index contributed by atoms with van der Waals surface area (Å²) in [5.41, 5.74) is 0.527. The number of urea groups is 1. The summed E-state index contributed by atoms with van der Waals surface area (Å²) in [5.74, 6) is 0. The number of halogens is 1. The molecule has 1 aliphatic heterocycles. The number of amides is 2. The standard InChI is InChI=1S/C15H22BClN2O3/c1-14(2)15(3,4)22-16(21-14)10-7-8-11(17)12(9-10)18-13(20)19(5)6/h7-9H,1-6H3,(H,18,20). The average Bonchev–Trinajstić information content (AvgIpc) is 2.60. The zero-order valence-corrected chi connectivity index (χ0v) is 14.6. The van der Waals surface area contributed by atoms with Gasteiger partial charge in [-0.05, 0) is 45.3 Å². The van der Waals surface area contributed by atoms with E-state index in [0.717, 1.165) is 5.46 Å². The van der Waals surface area contributed by atoms with E-state index in [4.69, 9.17) is 20.9 Å². The second-order valence-electron chi connectivity index (χ2n) is 6.65. The van der Waals surface area contributed by atoms with E-state index in [1.54, 1.807) is 26.2 Å². The highest BCUT2D eigenvalue weighted by Gasteiger charge is 2.51. The fraction of sp³-hybridized carbons (Fsp3) is 0.533. The normalized spacial score (nSPS) is 19.1. The van der Waals surface area contributed by atoms with Gasteiger partial charge in [0.05, 0.1) is 21.9 Å². The molecule has 2 amide bonds. The molecule has 1 aliphatic rings. The van der Waals surface area contributed by atoms with Gasteiger partial charge < -0.3 is 19.5 Å². The third kappa shape index (κ3) is 3.24. The van der Waals surface area contributed by atoms with Crippen LogP contribution in [0.1, 0.15) is 27.7 Å². The van der Waals surface area contributed by atoms with Crippen molar-refractivity contribution in [2.24, 2.45) is 0 Å². The van der Waals surface area contributed by atoms with Gasteiger partial charge in [-0.1, -0.05) is 17.7 Å². The first-order chi connectivity index (χ1) is 10.0. The van der Waals surface area contributed by atoms with Crippen molar-refractivity contribution in [2.75, 3.05) is 19.4 Å². The molecule has 0 bridgehead atoms. The zero-order valence-electron chi connectivity index (χ0n) is 13.9. The van der Waals surface area contributed by atoms with E-state index in [1.165, 1.54) is 4.90 Å². The van der Waals surface area contributed by atoms with Crippen LogP contribution < -0.4 is 10.8 Å². The van der Waals surface area contributed by atoms with E-state index in [-0.39, 0.29) is 6.03 Å². The number of nitrogens with one attached hydrogen (secondary N) is 1. The quantitative estimate of drug-likeness (QED) is 0.851. The van der Waals surface area contributed by atoms with Crippen molar-refractivity contribution in [3.63, 3.8) is 0 Å². The maximum Gasteiger partial charge on any atom is 0.494 e. The smallest absolute Gasteiger partial charge is 0.399 e. The summed E-state index contributed by atoms with van der Waals surface area (Å²) in [5, 5.41) is 3.23. The first kappa shape index (κ1) is 17.1. The molecule has 2 rings (SSSR count). The molecule has 0 saturated carbocycles. The van der Waals surface area contributed by atoms with Gasteiger partial charge in [-0.3, -0.25) is 0 Å². The highest BCUT2D eigenvalue weighted by molar-refractivity contribution is 6.62. The number of nitrogens with zero attached hydrogens (tertiary/aromatic N) is 1. The molecular weight excluding hydrogens is 302 g/mol. The van der Waals surface area contributed by atoms with Crippen molar-refractivity contribution in [2.45, 2.75) is 38.9 Å². The number of hydrogen-bond acceptors (Lipinski definition) is 3. The molecule has 0 spiro atoms. The molecule has 1 aromatic carbocycles. The summed E-state index contributed by atoms with van der Waals surface area (Å²) in [6.45, 7) is 7.99. The minimum absolute atomic E-state index is 0.243. The Bertz CT molecular complexity index is 574. The largest absolute Gasteiger partial charge is 0.494 e. The third-order valence-corrected chi connectivity index (χ3v) is 4.49. The van der Waals surface area contributed by atoms with Gasteiger partial charge in [0.1, 0.15) is 0 Å². The Hall–Kier alpha value is -1.24. The number of rotatable bonds is 2. The van der Waals surface area contributed by atoms with E-state index in [9.17, 15) is 4.79 Å². The van der Waals surface area contributed by atoms with E-state index in [0.29, 0.717) is 10.7 Å². The summed E-state index contributed by atoms with van der Waals surface area (Å²) in [7, 11) is 2.85. The topological polar surface area (TPSA) is 50.8 Å². The fourth-order valence-electron chi connectivity index (χ4n) is 1.99. The molecule has 1 fully saturated rings. The van der Waals surface area contributed by atoms with Crippen LogP contribution in [0.2, 0.25) is 5.02 Å². The van der Waals surface area contributed by atoms with Gasteiger partial charge in [0.15, 0.2) is 0 Å². The average molecular weight is 325 g/mol. The predicted molar refractivity (Wildman–Crippen MR) is 89.9 cm³/mol. The van der Waals surface area contributed by atoms with Crippen molar-refractivity contribution in [3.05, 3.63) is 23.2 Å². The molecule has 0 atom stereocenters. The lowest BCUT2D eigenvalue weighted by Crippen LogP contribution is -2.41. The zero-order chi connectivity index (χ0) is 16.7. The lowest BCUT2D eigenvalue weighted by atomic mass is 9.79. The first-order valence-electron chi connectivity index (χ1n) is 7.17. The molecule has 1 saturated heterocycles. The molecule has 1 heterocycles. The van der Waals surface area contributed by atoms with E-state index in [2.05, 4.69) is 5.32 Å². The Morgan fingerprint density at radius 1 is 1.18 bits per heavy atom. The number of carbonyl (C=O) groups is 1. The van der Waals surface area contributed by atoms with Crippen LogP contribution in [0.15, 0.2) is 18.2 Å². The number of hydrogen-bond donors (Lipinski definition) is 1. The molecule has 0 aromatic heterocycles. The van der Waals surface area contributed by atoms with Crippen LogP contribution in [0.3, 0.4) is 0 Å². The van der Waals surface area contributed by atoms with Crippen molar-refractivity contribution in [1.82, 2.24) is 4.90 Å². The van der Waals surface area contributed by atoms with Crippen LogP contribution >= 0.6 is 11.6 Å². The Morgan fingerprint density at radius 3 is 2.23 bits per heavy atom. The second-order valence-corrected chi connectivity index (χ2v) is 7.06. The minimum atomic E-state index is -0.489. The van der Waals surface area contributed by atoms with Crippen LogP contribution in [0, 0.1) is 0 Å². The van der Waals surface area contributed by atoms with E-state index in [1.807, 2.05) is 33.8 Å². The molecular formula is C15H22BClN2O3. The Labute approximate surface area is 137 Å². The van der Waals surface area contributed by atoms with Crippen LogP contribution in [-0.2, 0) is 9.31 Å². The Morgan fingerprint density at radius 2 is 1.73 bits per heavy atom. The highest BCUT2D eigenvalue weighted by Crippen LogP contribution is 2.36. The fourth-order valence-corrected chi connectivity index (χ4v) is 2.16. The maximum atomic E-state index is 11.8. The molecule has 0 aliphatic carbocycles. The monoisotopic (exact) mass is 324 g/mol.